The minimum Gasteiger partial charge on any atom is -0.379 e. The minimum absolute atomic E-state index is 0.0153. The number of carbonyl (C=O) groups excluding carboxylic acids is 1. The first-order valence-corrected chi connectivity index (χ1v) is 9.66. The molecule has 0 aromatic carbocycles. The van der Waals surface area contributed by atoms with E-state index in [0.29, 0.717) is 19.1 Å². The Balaban J connectivity index is 1.36. The summed E-state index contributed by atoms with van der Waals surface area (Å²) < 4.78 is 7.16. The molecule has 26 heavy (non-hydrogen) atoms. The number of pyridine rings is 1. The van der Waals surface area contributed by atoms with Crippen LogP contribution in [-0.4, -0.2) is 72.4 Å². The van der Waals surface area contributed by atoms with Crippen LogP contribution in [-0.2, 0) is 11.3 Å². The maximum absolute atomic E-state index is 12.3. The average Bonchev–Trinajstić information content (AvgIpc) is 2.68. The lowest BCUT2D eigenvalue weighted by atomic mass is 10.0. The number of likely N-dealkylation sites (tertiary alicyclic amines) is 1. The molecule has 1 aromatic heterocycles. The van der Waals surface area contributed by atoms with E-state index >= 15 is 0 Å². The van der Waals surface area contributed by atoms with Crippen LogP contribution in [0, 0.1) is 6.92 Å². The van der Waals surface area contributed by atoms with Crippen LogP contribution in [0.3, 0.4) is 0 Å². The van der Waals surface area contributed by atoms with E-state index in [4.69, 9.17) is 4.74 Å². The van der Waals surface area contributed by atoms with Crippen molar-refractivity contribution in [2.45, 2.75) is 38.8 Å². The molecule has 7 heteroatoms. The molecular formula is C19H30N4O3. The van der Waals surface area contributed by atoms with E-state index in [1.54, 1.807) is 16.7 Å². The largest absolute Gasteiger partial charge is 0.379 e. The molecule has 3 heterocycles. The number of nitrogens with zero attached hydrogens (tertiary/aromatic N) is 3. The van der Waals surface area contributed by atoms with E-state index in [1.165, 1.54) is 0 Å². The summed E-state index contributed by atoms with van der Waals surface area (Å²) in [7, 11) is 0. The van der Waals surface area contributed by atoms with Gasteiger partial charge >= 0.3 is 6.03 Å². The molecule has 144 valence electrons. The maximum Gasteiger partial charge on any atom is 0.317 e. The first kappa shape index (κ1) is 18.9. The summed E-state index contributed by atoms with van der Waals surface area (Å²) >= 11 is 0. The molecule has 0 radical (unpaired) electrons. The van der Waals surface area contributed by atoms with Gasteiger partial charge in [0.25, 0.3) is 5.56 Å². The maximum atomic E-state index is 12.3. The molecule has 3 rings (SSSR count). The molecule has 1 aromatic rings. The van der Waals surface area contributed by atoms with Gasteiger partial charge in [0.1, 0.15) is 0 Å². The van der Waals surface area contributed by atoms with E-state index in [-0.39, 0.29) is 11.6 Å². The van der Waals surface area contributed by atoms with Crippen LogP contribution in [0.25, 0.3) is 0 Å². The molecule has 2 saturated heterocycles. The molecule has 0 unspecified atom stereocenters. The second-order valence-electron chi connectivity index (χ2n) is 7.11. The summed E-state index contributed by atoms with van der Waals surface area (Å²) in [6, 6.07) is 5.87. The molecule has 0 atom stereocenters. The van der Waals surface area contributed by atoms with Gasteiger partial charge in [0.15, 0.2) is 0 Å². The zero-order valence-corrected chi connectivity index (χ0v) is 15.7. The van der Waals surface area contributed by atoms with Gasteiger partial charge in [0.05, 0.1) is 13.2 Å². The summed E-state index contributed by atoms with van der Waals surface area (Å²) in [5.41, 5.74) is 0.968. The third-order valence-corrected chi connectivity index (χ3v) is 5.42. The predicted octanol–water partition coefficient (Wildman–Crippen LogP) is 1.05. The predicted molar refractivity (Wildman–Crippen MR) is 100 cm³/mol. The van der Waals surface area contributed by atoms with Crippen molar-refractivity contribution in [3.63, 3.8) is 0 Å². The molecule has 0 saturated carbocycles. The molecule has 0 aliphatic carbocycles. The van der Waals surface area contributed by atoms with E-state index < -0.39 is 0 Å². The number of piperidine rings is 1. The van der Waals surface area contributed by atoms with Gasteiger partial charge in [-0.25, -0.2) is 4.79 Å². The van der Waals surface area contributed by atoms with Crippen molar-refractivity contribution in [2.24, 2.45) is 0 Å². The number of aromatic nitrogens is 1. The lowest BCUT2D eigenvalue weighted by Gasteiger charge is -2.40. The van der Waals surface area contributed by atoms with Crippen LogP contribution in [0.4, 0.5) is 4.79 Å². The number of ether oxygens (including phenoxy) is 1. The van der Waals surface area contributed by atoms with Gasteiger partial charge in [-0.3, -0.25) is 9.69 Å². The lowest BCUT2D eigenvalue weighted by molar-refractivity contribution is 0.00381. The van der Waals surface area contributed by atoms with Crippen LogP contribution in [0.5, 0.6) is 0 Å². The molecule has 2 aliphatic heterocycles. The van der Waals surface area contributed by atoms with Gasteiger partial charge < -0.3 is 19.5 Å². The molecule has 2 fully saturated rings. The van der Waals surface area contributed by atoms with Gasteiger partial charge in [-0.1, -0.05) is 6.07 Å². The SMILES string of the molecule is Cc1cccc(=O)n1CCCNC(=O)N1CCC(N2CCOCC2)CC1. The van der Waals surface area contributed by atoms with E-state index in [2.05, 4.69) is 10.2 Å². The fraction of sp³-hybridized carbons (Fsp3) is 0.684. The van der Waals surface area contributed by atoms with Crippen molar-refractivity contribution < 1.29 is 9.53 Å². The summed E-state index contributed by atoms with van der Waals surface area (Å²) in [6.45, 7) is 8.43. The van der Waals surface area contributed by atoms with Crippen LogP contribution in [0.15, 0.2) is 23.0 Å². The smallest absolute Gasteiger partial charge is 0.317 e. The standard InChI is InChI=1S/C19H30N4O3/c1-16-4-2-5-18(24)23(16)9-3-8-20-19(25)22-10-6-17(7-11-22)21-12-14-26-15-13-21/h2,4-5,17H,3,6-15H2,1H3,(H,20,25). The number of carbonyl (C=O) groups is 1. The Kier molecular flexibility index (Phi) is 6.68. The number of morpholine rings is 1. The number of aryl methyl sites for hydroxylation is 1. The second-order valence-corrected chi connectivity index (χ2v) is 7.11. The first-order chi connectivity index (χ1) is 12.6. The molecule has 7 nitrogen and oxygen atoms in total. The normalized spacial score (nSPS) is 19.5. The Labute approximate surface area is 154 Å². The van der Waals surface area contributed by atoms with E-state index in [1.807, 2.05) is 17.9 Å². The zero-order valence-electron chi connectivity index (χ0n) is 15.7. The first-order valence-electron chi connectivity index (χ1n) is 9.66. The third kappa shape index (κ3) is 4.86. The summed E-state index contributed by atoms with van der Waals surface area (Å²) in [4.78, 5) is 28.6. The van der Waals surface area contributed by atoms with Gasteiger partial charge in [0, 0.05) is 57.1 Å². The van der Waals surface area contributed by atoms with Gasteiger partial charge in [-0.15, -0.1) is 0 Å². The fourth-order valence-corrected chi connectivity index (χ4v) is 3.83. The van der Waals surface area contributed by atoms with Crippen LogP contribution >= 0.6 is 0 Å². The van der Waals surface area contributed by atoms with Crippen molar-refractivity contribution in [3.8, 4) is 0 Å². The Morgan fingerprint density at radius 1 is 1.19 bits per heavy atom. The topological polar surface area (TPSA) is 66.8 Å². The lowest BCUT2D eigenvalue weighted by Crippen LogP contribution is -2.51. The van der Waals surface area contributed by atoms with Gasteiger partial charge in [-0.05, 0) is 32.3 Å². The van der Waals surface area contributed by atoms with Crippen molar-refractivity contribution >= 4 is 6.03 Å². The minimum atomic E-state index is 0.0153. The number of hydrogen-bond acceptors (Lipinski definition) is 4. The second kappa shape index (κ2) is 9.19. The zero-order chi connectivity index (χ0) is 18.4. The highest BCUT2D eigenvalue weighted by atomic mass is 16.5. The van der Waals surface area contributed by atoms with Crippen molar-refractivity contribution in [1.29, 1.82) is 0 Å². The Hall–Kier alpha value is -1.86. The Bertz CT molecular complexity index is 646. The number of hydrogen-bond donors (Lipinski definition) is 1. The van der Waals surface area contributed by atoms with E-state index in [9.17, 15) is 9.59 Å². The Morgan fingerprint density at radius 2 is 1.92 bits per heavy atom. The molecule has 2 amide bonds. The fourth-order valence-electron chi connectivity index (χ4n) is 3.83. The van der Waals surface area contributed by atoms with Crippen molar-refractivity contribution in [2.75, 3.05) is 45.9 Å². The number of amides is 2. The van der Waals surface area contributed by atoms with Crippen molar-refractivity contribution in [1.82, 2.24) is 19.7 Å². The molecule has 2 aliphatic rings. The highest BCUT2D eigenvalue weighted by molar-refractivity contribution is 5.74. The number of rotatable bonds is 5. The monoisotopic (exact) mass is 362 g/mol. The number of nitrogens with one attached hydrogen (secondary N) is 1. The molecule has 0 bridgehead atoms. The number of urea groups is 1. The Morgan fingerprint density at radius 3 is 2.62 bits per heavy atom. The van der Waals surface area contributed by atoms with Crippen LogP contribution in [0.1, 0.15) is 25.0 Å². The summed E-state index contributed by atoms with van der Waals surface area (Å²) in [6.07, 6.45) is 2.82. The quantitative estimate of drug-likeness (QED) is 0.795. The van der Waals surface area contributed by atoms with Gasteiger partial charge in [0.2, 0.25) is 0 Å². The van der Waals surface area contributed by atoms with Gasteiger partial charge in [-0.2, -0.15) is 0 Å². The average molecular weight is 362 g/mol. The highest BCUT2D eigenvalue weighted by Crippen LogP contribution is 2.17. The third-order valence-electron chi connectivity index (χ3n) is 5.42. The molecule has 1 N–H and O–H groups in total. The molecule has 0 spiro atoms. The highest BCUT2D eigenvalue weighted by Gasteiger charge is 2.27. The summed E-state index contributed by atoms with van der Waals surface area (Å²) in [5.74, 6) is 0. The van der Waals surface area contributed by atoms with Crippen molar-refractivity contribution in [3.05, 3.63) is 34.2 Å². The molecular weight excluding hydrogens is 332 g/mol. The van der Waals surface area contributed by atoms with Crippen LogP contribution < -0.4 is 10.9 Å². The van der Waals surface area contributed by atoms with Crippen LogP contribution in [0.2, 0.25) is 0 Å². The van der Waals surface area contributed by atoms with E-state index in [0.717, 1.165) is 64.3 Å². The summed E-state index contributed by atoms with van der Waals surface area (Å²) in [5, 5.41) is 2.99.